The molecule has 2 aliphatic rings. The standard InChI is InChI=1S/C27H22O18/c28-5-13-22-21(38)23(27(42-13)45-24(39)6-1-9(29)16(33)10(30)2-6)44-26(41)8-4-12(32)18(35)20(37)15(8)14-7(25(40)43-22)3-11(31)17(34)19(14)36/h1-4,13,21-23,27-38H,5H2/t13-,21-,22-,23-,27-/m0/s1. The first kappa shape index (κ1) is 30.6. The largest absolute Gasteiger partial charge is 0.504 e. The summed E-state index contributed by atoms with van der Waals surface area (Å²) in [5.41, 5.74) is -4.24. The van der Waals surface area contributed by atoms with Gasteiger partial charge >= 0.3 is 17.9 Å². The van der Waals surface area contributed by atoms with Crippen molar-refractivity contribution >= 4 is 17.9 Å². The monoisotopic (exact) mass is 634 g/mol. The number of ether oxygens (including phenoxy) is 4. The Hall–Kier alpha value is -5.85. The fourth-order valence-corrected chi connectivity index (χ4v) is 4.79. The second-order valence-corrected chi connectivity index (χ2v) is 9.76. The van der Waals surface area contributed by atoms with Gasteiger partial charge < -0.3 is 75.1 Å². The molecule has 238 valence electrons. The van der Waals surface area contributed by atoms with Crippen LogP contribution >= 0.6 is 0 Å². The highest BCUT2D eigenvalue weighted by atomic mass is 16.7. The van der Waals surface area contributed by atoms with Gasteiger partial charge in [0.2, 0.25) is 17.8 Å². The average molecular weight is 634 g/mol. The summed E-state index contributed by atoms with van der Waals surface area (Å²) >= 11 is 0. The molecule has 1 saturated heterocycles. The number of aliphatic hydroxyl groups is 2. The highest BCUT2D eigenvalue weighted by molar-refractivity contribution is 6.08. The third-order valence-corrected chi connectivity index (χ3v) is 7.01. The highest BCUT2D eigenvalue weighted by Gasteiger charge is 2.52. The van der Waals surface area contributed by atoms with Gasteiger partial charge in [-0.25, -0.2) is 14.4 Å². The van der Waals surface area contributed by atoms with Crippen LogP contribution in [0.3, 0.4) is 0 Å². The molecule has 0 amide bonds. The van der Waals surface area contributed by atoms with E-state index in [-0.39, 0.29) is 0 Å². The van der Waals surface area contributed by atoms with Crippen LogP contribution in [0.15, 0.2) is 24.3 Å². The zero-order valence-corrected chi connectivity index (χ0v) is 22.2. The molecule has 45 heavy (non-hydrogen) atoms. The summed E-state index contributed by atoms with van der Waals surface area (Å²) in [6.45, 7) is -1.04. The number of hydrogen-bond donors (Lipinski definition) is 11. The zero-order chi connectivity index (χ0) is 33.1. The smallest absolute Gasteiger partial charge is 0.340 e. The quantitative estimate of drug-likeness (QED) is 0.100. The van der Waals surface area contributed by atoms with Gasteiger partial charge in [-0.1, -0.05) is 0 Å². The number of rotatable bonds is 3. The van der Waals surface area contributed by atoms with Crippen LogP contribution in [0.5, 0.6) is 51.7 Å². The molecule has 2 bridgehead atoms. The molecule has 0 unspecified atom stereocenters. The van der Waals surface area contributed by atoms with E-state index in [1.165, 1.54) is 0 Å². The predicted octanol–water partition coefficient (Wildman–Crippen LogP) is -0.297. The molecule has 5 rings (SSSR count). The summed E-state index contributed by atoms with van der Waals surface area (Å²) < 4.78 is 21.2. The molecule has 3 aromatic carbocycles. The maximum atomic E-state index is 13.5. The molecule has 0 spiro atoms. The van der Waals surface area contributed by atoms with Crippen molar-refractivity contribution in [3.63, 3.8) is 0 Å². The Bertz CT molecular complexity index is 1730. The fraction of sp³-hybridized carbons (Fsp3) is 0.222. The lowest BCUT2D eigenvalue weighted by molar-refractivity contribution is -0.283. The number of phenols is 9. The number of carbonyl (C=O) groups is 3. The van der Waals surface area contributed by atoms with Gasteiger partial charge in [0.15, 0.2) is 52.5 Å². The van der Waals surface area contributed by atoms with Gasteiger partial charge in [0, 0.05) is 11.1 Å². The Morgan fingerprint density at radius 3 is 1.58 bits per heavy atom. The number of esters is 3. The Labute approximate surface area is 248 Å². The maximum absolute atomic E-state index is 13.5. The number of carbonyl (C=O) groups excluding carboxylic acids is 3. The summed E-state index contributed by atoms with van der Waals surface area (Å²) in [5, 5.41) is 112. The molecule has 1 fully saturated rings. The molecule has 0 aromatic heterocycles. The van der Waals surface area contributed by atoms with Gasteiger partial charge in [0.25, 0.3) is 0 Å². The van der Waals surface area contributed by atoms with Crippen molar-refractivity contribution < 1.29 is 89.5 Å². The first-order valence-corrected chi connectivity index (χ1v) is 12.5. The van der Waals surface area contributed by atoms with E-state index >= 15 is 0 Å². The van der Waals surface area contributed by atoms with E-state index < -0.39 is 135 Å². The van der Waals surface area contributed by atoms with Crippen LogP contribution in [0.4, 0.5) is 0 Å². The summed E-state index contributed by atoms with van der Waals surface area (Å²) in [6, 6.07) is 2.40. The summed E-state index contributed by atoms with van der Waals surface area (Å²) in [5.74, 6) is -14.8. The zero-order valence-electron chi connectivity index (χ0n) is 22.2. The first-order chi connectivity index (χ1) is 21.2. The van der Waals surface area contributed by atoms with Gasteiger partial charge in [0.05, 0.1) is 23.3 Å². The molecular weight excluding hydrogens is 612 g/mol. The lowest BCUT2D eigenvalue weighted by Crippen LogP contribution is -2.61. The predicted molar refractivity (Wildman–Crippen MR) is 139 cm³/mol. The van der Waals surface area contributed by atoms with Crippen LogP contribution in [0, 0.1) is 0 Å². The molecule has 3 aromatic rings. The lowest BCUT2D eigenvalue weighted by atomic mass is 9.92. The third-order valence-electron chi connectivity index (χ3n) is 7.01. The molecule has 0 aliphatic carbocycles. The highest BCUT2D eigenvalue weighted by Crippen LogP contribution is 2.53. The van der Waals surface area contributed by atoms with E-state index in [0.29, 0.717) is 24.3 Å². The molecule has 5 atom stereocenters. The minimum absolute atomic E-state index is 0.510. The van der Waals surface area contributed by atoms with Crippen LogP contribution in [-0.2, 0) is 18.9 Å². The number of aromatic hydroxyl groups is 9. The van der Waals surface area contributed by atoms with Crippen molar-refractivity contribution in [2.45, 2.75) is 30.7 Å². The molecule has 11 N–H and O–H groups in total. The van der Waals surface area contributed by atoms with Crippen molar-refractivity contribution in [3.8, 4) is 62.9 Å². The summed E-state index contributed by atoms with van der Waals surface area (Å²) in [4.78, 5) is 39.8. The number of phenolic OH excluding ortho intramolecular Hbond substituents is 9. The van der Waals surface area contributed by atoms with Crippen molar-refractivity contribution in [2.75, 3.05) is 6.61 Å². The second kappa shape index (κ2) is 11.0. The molecule has 18 nitrogen and oxygen atoms in total. The van der Waals surface area contributed by atoms with Crippen molar-refractivity contribution in [1.82, 2.24) is 0 Å². The Kier molecular flexibility index (Phi) is 7.49. The van der Waals surface area contributed by atoms with Crippen LogP contribution < -0.4 is 0 Å². The van der Waals surface area contributed by atoms with Gasteiger partial charge in [-0.3, -0.25) is 0 Å². The van der Waals surface area contributed by atoms with Crippen LogP contribution in [0.2, 0.25) is 0 Å². The van der Waals surface area contributed by atoms with Crippen LogP contribution in [0.25, 0.3) is 11.1 Å². The van der Waals surface area contributed by atoms with Gasteiger partial charge in [0.1, 0.15) is 12.2 Å². The summed E-state index contributed by atoms with van der Waals surface area (Å²) in [7, 11) is 0. The Morgan fingerprint density at radius 2 is 1.11 bits per heavy atom. The van der Waals surface area contributed by atoms with Crippen molar-refractivity contribution in [1.29, 1.82) is 0 Å². The van der Waals surface area contributed by atoms with Crippen molar-refractivity contribution in [3.05, 3.63) is 41.0 Å². The minimum Gasteiger partial charge on any atom is -0.504 e. The van der Waals surface area contributed by atoms with Crippen LogP contribution in [0.1, 0.15) is 31.1 Å². The first-order valence-electron chi connectivity index (χ1n) is 12.5. The Morgan fingerprint density at radius 1 is 0.667 bits per heavy atom. The van der Waals surface area contributed by atoms with Crippen molar-refractivity contribution in [2.24, 2.45) is 0 Å². The molecule has 0 saturated carbocycles. The van der Waals surface area contributed by atoms with E-state index in [1.807, 2.05) is 0 Å². The van der Waals surface area contributed by atoms with Gasteiger partial charge in [-0.15, -0.1) is 0 Å². The van der Waals surface area contributed by atoms with E-state index in [4.69, 9.17) is 18.9 Å². The number of fused-ring (bicyclic) bond motifs is 5. The second-order valence-electron chi connectivity index (χ2n) is 9.76. The summed E-state index contributed by atoms with van der Waals surface area (Å²) in [6.07, 6.45) is -10.2. The van der Waals surface area contributed by atoms with E-state index in [2.05, 4.69) is 0 Å². The number of aliphatic hydroxyl groups excluding tert-OH is 2. The fourth-order valence-electron chi connectivity index (χ4n) is 4.79. The average Bonchev–Trinajstić information content (AvgIpc) is 3.00. The van der Waals surface area contributed by atoms with E-state index in [1.54, 1.807) is 0 Å². The molecule has 0 radical (unpaired) electrons. The SMILES string of the molecule is O=C(O[C@@H]1O[C@@H](CO)[C@@H]2OC(=O)c3cc(O)c(O)c(O)c3-c3c(cc(O)c(O)c3O)C(=O)O[C@H]1[C@H]2O)c1cc(O)c(O)c(O)c1. The molecule has 2 heterocycles. The molecular formula is C27H22O18. The normalized spacial score (nSPS) is 22.7. The molecule has 18 heteroatoms. The molecule has 2 aliphatic heterocycles. The number of benzene rings is 3. The Balaban J connectivity index is 1.67. The lowest BCUT2D eigenvalue weighted by Gasteiger charge is -2.42. The van der Waals surface area contributed by atoms with Crippen LogP contribution in [-0.4, -0.2) is 111 Å². The number of hydrogen-bond acceptors (Lipinski definition) is 18. The minimum atomic E-state index is -2.19. The third kappa shape index (κ3) is 4.97. The van der Waals surface area contributed by atoms with E-state index in [0.717, 1.165) is 0 Å². The maximum Gasteiger partial charge on any atom is 0.340 e. The van der Waals surface area contributed by atoms with E-state index in [9.17, 15) is 70.6 Å². The van der Waals surface area contributed by atoms with Gasteiger partial charge in [-0.2, -0.15) is 0 Å². The van der Waals surface area contributed by atoms with Gasteiger partial charge in [-0.05, 0) is 24.3 Å². The topological polar surface area (TPSA) is 311 Å².